The van der Waals surface area contributed by atoms with Gasteiger partial charge in [-0.05, 0) is 59.5 Å². The fourth-order valence-electron chi connectivity index (χ4n) is 1.77. The molecule has 0 amide bonds. The maximum absolute atomic E-state index is 5.96. The largest absolute Gasteiger partial charge is 0.313 e. The van der Waals surface area contributed by atoms with Crippen LogP contribution in [0.15, 0.2) is 36.4 Å². The first-order valence-corrected chi connectivity index (χ1v) is 7.63. The summed E-state index contributed by atoms with van der Waals surface area (Å²) in [7, 11) is 2.00. The van der Waals surface area contributed by atoms with Gasteiger partial charge in [0.05, 0.1) is 4.34 Å². The average Bonchev–Trinajstić information content (AvgIpc) is 2.72. The first-order valence-electron chi connectivity index (χ1n) is 5.36. The number of halogens is 2. The molecule has 2 rings (SSSR count). The van der Waals surface area contributed by atoms with E-state index in [4.69, 9.17) is 11.6 Å². The number of hydrogen-bond donors (Lipinski definition) is 1. The van der Waals surface area contributed by atoms with Crippen molar-refractivity contribution in [2.24, 2.45) is 0 Å². The van der Waals surface area contributed by atoms with Gasteiger partial charge in [-0.3, -0.25) is 0 Å². The summed E-state index contributed by atoms with van der Waals surface area (Å²) in [5, 5.41) is 3.36. The number of rotatable bonds is 4. The minimum Gasteiger partial charge on any atom is -0.313 e. The first kappa shape index (κ1) is 13.3. The molecule has 0 aliphatic heterocycles. The Morgan fingerprint density at radius 1 is 1.35 bits per heavy atom. The zero-order chi connectivity index (χ0) is 12.3. The Morgan fingerprint density at radius 2 is 2.18 bits per heavy atom. The molecule has 4 heteroatoms. The smallest absolute Gasteiger partial charge is 0.0931 e. The van der Waals surface area contributed by atoms with Crippen molar-refractivity contribution in [3.05, 3.63) is 54.7 Å². The monoisotopic (exact) mass is 377 g/mol. The molecule has 1 N–H and O–H groups in total. The van der Waals surface area contributed by atoms with E-state index in [-0.39, 0.29) is 0 Å². The lowest BCUT2D eigenvalue weighted by molar-refractivity contribution is 0.596. The normalized spacial score (nSPS) is 12.6. The highest BCUT2D eigenvalue weighted by Crippen LogP contribution is 2.27. The maximum Gasteiger partial charge on any atom is 0.0931 e. The second kappa shape index (κ2) is 6.18. The molecule has 0 saturated heterocycles. The van der Waals surface area contributed by atoms with Crippen molar-refractivity contribution in [1.29, 1.82) is 0 Å². The number of nitrogens with one attached hydrogen (secondary N) is 1. The van der Waals surface area contributed by atoms with E-state index in [2.05, 4.69) is 58.2 Å². The fraction of sp³-hybridized carbons (Fsp3) is 0.231. The summed E-state index contributed by atoms with van der Waals surface area (Å²) in [6.07, 6.45) is 0.980. The van der Waals surface area contributed by atoms with Crippen molar-refractivity contribution in [3.63, 3.8) is 0 Å². The lowest BCUT2D eigenvalue weighted by Crippen LogP contribution is -2.18. The van der Waals surface area contributed by atoms with Crippen molar-refractivity contribution in [2.45, 2.75) is 12.5 Å². The minimum atomic E-state index is 0.347. The van der Waals surface area contributed by atoms with Crippen molar-refractivity contribution < 1.29 is 0 Å². The van der Waals surface area contributed by atoms with Crippen LogP contribution in [0.5, 0.6) is 0 Å². The van der Waals surface area contributed by atoms with E-state index >= 15 is 0 Å². The predicted octanol–water partition coefficient (Wildman–Crippen LogP) is 4.51. The van der Waals surface area contributed by atoms with Gasteiger partial charge >= 0.3 is 0 Å². The van der Waals surface area contributed by atoms with Crippen molar-refractivity contribution in [3.8, 4) is 0 Å². The lowest BCUT2D eigenvalue weighted by atomic mass is 10.0. The molecule has 1 unspecified atom stereocenters. The van der Waals surface area contributed by atoms with Crippen molar-refractivity contribution >= 4 is 45.5 Å². The van der Waals surface area contributed by atoms with E-state index in [9.17, 15) is 0 Å². The van der Waals surface area contributed by atoms with Crippen LogP contribution in [-0.4, -0.2) is 7.05 Å². The van der Waals surface area contributed by atoms with Crippen LogP contribution in [0.2, 0.25) is 4.34 Å². The van der Waals surface area contributed by atoms with Gasteiger partial charge in [0.25, 0.3) is 0 Å². The molecule has 90 valence electrons. The van der Waals surface area contributed by atoms with E-state index in [1.807, 2.05) is 13.1 Å². The molecular weight excluding hydrogens is 365 g/mol. The lowest BCUT2D eigenvalue weighted by Gasteiger charge is -2.16. The van der Waals surface area contributed by atoms with Crippen LogP contribution in [-0.2, 0) is 6.42 Å². The van der Waals surface area contributed by atoms with Gasteiger partial charge in [-0.2, -0.15) is 0 Å². The topological polar surface area (TPSA) is 12.0 Å². The third kappa shape index (κ3) is 3.68. The third-order valence-corrected chi connectivity index (χ3v) is 4.56. The number of likely N-dealkylation sites (N-methyl/N-ethyl adjacent to an activating group) is 1. The highest BCUT2D eigenvalue weighted by Gasteiger charge is 2.11. The van der Waals surface area contributed by atoms with Gasteiger partial charge in [-0.1, -0.05) is 23.7 Å². The van der Waals surface area contributed by atoms with Crippen molar-refractivity contribution in [1.82, 2.24) is 5.32 Å². The molecule has 1 atom stereocenters. The molecule has 0 spiro atoms. The maximum atomic E-state index is 5.96. The molecule has 0 aliphatic rings. The van der Waals surface area contributed by atoms with Gasteiger partial charge in [-0.15, -0.1) is 11.3 Å². The summed E-state index contributed by atoms with van der Waals surface area (Å²) in [4.78, 5) is 1.31. The average molecular weight is 378 g/mol. The van der Waals surface area contributed by atoms with Gasteiger partial charge < -0.3 is 5.32 Å². The molecule has 1 aromatic heterocycles. The number of hydrogen-bond acceptors (Lipinski definition) is 2. The van der Waals surface area contributed by atoms with Gasteiger partial charge in [0.15, 0.2) is 0 Å². The fourth-order valence-corrected chi connectivity index (χ4v) is 3.47. The van der Waals surface area contributed by atoms with E-state index in [1.165, 1.54) is 14.0 Å². The van der Waals surface area contributed by atoms with Crippen molar-refractivity contribution in [2.75, 3.05) is 7.05 Å². The zero-order valence-corrected chi connectivity index (χ0v) is 13.1. The minimum absolute atomic E-state index is 0.347. The van der Waals surface area contributed by atoms with Crippen LogP contribution in [0.4, 0.5) is 0 Å². The van der Waals surface area contributed by atoms with Gasteiger partial charge in [0, 0.05) is 20.9 Å². The Labute approximate surface area is 124 Å². The van der Waals surface area contributed by atoms with E-state index in [0.29, 0.717) is 6.04 Å². The molecule has 1 nitrogen and oxygen atoms in total. The van der Waals surface area contributed by atoms with Crippen LogP contribution in [0.25, 0.3) is 0 Å². The molecule has 0 bridgehead atoms. The van der Waals surface area contributed by atoms with E-state index < -0.39 is 0 Å². The van der Waals surface area contributed by atoms with E-state index in [1.54, 1.807) is 11.3 Å². The Bertz CT molecular complexity index is 498. The molecule has 1 heterocycles. The second-order valence-electron chi connectivity index (χ2n) is 3.81. The van der Waals surface area contributed by atoms with Crippen LogP contribution < -0.4 is 5.32 Å². The molecule has 0 aliphatic carbocycles. The van der Waals surface area contributed by atoms with E-state index in [0.717, 1.165) is 10.8 Å². The molecular formula is C13H13ClINS. The van der Waals surface area contributed by atoms with Gasteiger partial charge in [-0.25, -0.2) is 0 Å². The Kier molecular flexibility index (Phi) is 4.85. The predicted molar refractivity (Wildman–Crippen MR) is 84.0 cm³/mol. The number of thiophene rings is 1. The second-order valence-corrected chi connectivity index (χ2v) is 6.85. The SMILES string of the molecule is CNC(Cc1ccc(Cl)s1)c1cccc(I)c1. The first-order chi connectivity index (χ1) is 8.19. The van der Waals surface area contributed by atoms with Gasteiger partial charge in [0.1, 0.15) is 0 Å². The molecule has 17 heavy (non-hydrogen) atoms. The highest BCUT2D eigenvalue weighted by molar-refractivity contribution is 14.1. The Hall–Kier alpha value is -0.100. The Morgan fingerprint density at radius 3 is 2.76 bits per heavy atom. The summed E-state index contributed by atoms with van der Waals surface area (Å²) >= 11 is 9.95. The quantitative estimate of drug-likeness (QED) is 0.773. The van der Waals surface area contributed by atoms with Crippen LogP contribution in [0, 0.1) is 3.57 Å². The summed E-state index contributed by atoms with van der Waals surface area (Å²) in [5.41, 5.74) is 1.32. The molecule has 0 radical (unpaired) electrons. The summed E-state index contributed by atoms with van der Waals surface area (Å²) < 4.78 is 2.13. The summed E-state index contributed by atoms with van der Waals surface area (Å²) in [5.74, 6) is 0. The highest BCUT2D eigenvalue weighted by atomic mass is 127. The molecule has 0 saturated carbocycles. The summed E-state index contributed by atoms with van der Waals surface area (Å²) in [6, 6.07) is 13.0. The van der Waals surface area contributed by atoms with Gasteiger partial charge in [0.2, 0.25) is 0 Å². The molecule has 0 fully saturated rings. The molecule has 1 aromatic carbocycles. The van der Waals surface area contributed by atoms with Crippen LogP contribution in [0.1, 0.15) is 16.5 Å². The molecule has 2 aromatic rings. The standard InChI is InChI=1S/C13H13ClINS/c1-16-12(8-11-5-6-13(14)17-11)9-3-2-4-10(15)7-9/h2-7,12,16H,8H2,1H3. The number of benzene rings is 1. The van der Waals surface area contributed by atoms with Crippen LogP contribution in [0.3, 0.4) is 0 Å². The zero-order valence-electron chi connectivity index (χ0n) is 9.41. The summed E-state index contributed by atoms with van der Waals surface area (Å²) in [6.45, 7) is 0. The third-order valence-electron chi connectivity index (χ3n) is 2.63. The van der Waals surface area contributed by atoms with Crippen LogP contribution >= 0.6 is 45.5 Å². The Balaban J connectivity index is 2.16.